The van der Waals surface area contributed by atoms with Crippen LogP contribution in [0.4, 0.5) is 26.4 Å². The van der Waals surface area contributed by atoms with E-state index in [1.165, 1.54) is 0 Å². The second kappa shape index (κ2) is 5.96. The standard InChI is InChI=1S/C15H18F2N6/c1-20-10-6-23(7-10)14-11(13(18)21-15(19)22-14)5-8-4-9(16)2-3-12(8)17/h2-4,10,20H,5-7H2,1H3,(H4,18,19,21,22). The topological polar surface area (TPSA) is 93.1 Å². The molecule has 0 spiro atoms. The van der Waals surface area contributed by atoms with E-state index in [0.717, 1.165) is 31.3 Å². The van der Waals surface area contributed by atoms with E-state index < -0.39 is 11.6 Å². The molecule has 0 saturated carbocycles. The van der Waals surface area contributed by atoms with E-state index >= 15 is 0 Å². The van der Waals surface area contributed by atoms with Crippen molar-refractivity contribution in [3.05, 3.63) is 41.0 Å². The van der Waals surface area contributed by atoms with E-state index in [1.54, 1.807) is 0 Å². The van der Waals surface area contributed by atoms with Crippen LogP contribution in [-0.2, 0) is 6.42 Å². The van der Waals surface area contributed by atoms with Gasteiger partial charge in [-0.25, -0.2) is 8.78 Å². The van der Waals surface area contributed by atoms with Crippen molar-refractivity contribution in [2.45, 2.75) is 12.5 Å². The molecule has 0 aliphatic carbocycles. The van der Waals surface area contributed by atoms with Crippen molar-refractivity contribution in [3.8, 4) is 0 Å². The predicted molar refractivity (Wildman–Crippen MR) is 85.1 cm³/mol. The summed E-state index contributed by atoms with van der Waals surface area (Å²) in [4.78, 5) is 10.2. The number of aromatic nitrogens is 2. The van der Waals surface area contributed by atoms with Crippen molar-refractivity contribution >= 4 is 17.6 Å². The van der Waals surface area contributed by atoms with Crippen LogP contribution < -0.4 is 21.7 Å². The fourth-order valence-electron chi connectivity index (χ4n) is 2.64. The lowest BCUT2D eigenvalue weighted by atomic mass is 10.0. The molecule has 122 valence electrons. The molecule has 1 fully saturated rings. The molecule has 1 aliphatic heterocycles. The number of anilines is 3. The highest BCUT2D eigenvalue weighted by Gasteiger charge is 2.29. The third-order valence-electron chi connectivity index (χ3n) is 4.00. The molecule has 0 unspecified atom stereocenters. The maximum Gasteiger partial charge on any atom is 0.223 e. The van der Waals surface area contributed by atoms with Gasteiger partial charge in [0.25, 0.3) is 0 Å². The first-order chi connectivity index (χ1) is 11.0. The molecule has 1 aliphatic rings. The number of halogens is 2. The fraction of sp³-hybridized carbons (Fsp3) is 0.333. The molecular weight excluding hydrogens is 302 g/mol. The predicted octanol–water partition coefficient (Wildman–Crippen LogP) is 0.918. The molecule has 0 bridgehead atoms. The molecule has 0 amide bonds. The number of nitrogens with zero attached hydrogens (tertiary/aromatic N) is 3. The lowest BCUT2D eigenvalue weighted by molar-refractivity contribution is 0.446. The molecule has 1 aromatic heterocycles. The molecular formula is C15H18F2N6. The third-order valence-corrected chi connectivity index (χ3v) is 4.00. The summed E-state index contributed by atoms with van der Waals surface area (Å²) in [5, 5.41) is 3.16. The Morgan fingerprint density at radius 2 is 2.00 bits per heavy atom. The molecule has 2 aromatic rings. The van der Waals surface area contributed by atoms with Crippen molar-refractivity contribution < 1.29 is 8.78 Å². The van der Waals surface area contributed by atoms with Gasteiger partial charge in [0.2, 0.25) is 5.95 Å². The smallest absolute Gasteiger partial charge is 0.223 e. The summed E-state index contributed by atoms with van der Waals surface area (Å²) in [6.07, 6.45) is 0.103. The van der Waals surface area contributed by atoms with Crippen LogP contribution in [0, 0.1) is 11.6 Å². The Balaban J connectivity index is 1.96. The number of nitrogens with two attached hydrogens (primary N) is 2. The minimum atomic E-state index is -0.503. The first-order valence-corrected chi connectivity index (χ1v) is 7.26. The van der Waals surface area contributed by atoms with Crippen LogP contribution in [0.15, 0.2) is 18.2 Å². The van der Waals surface area contributed by atoms with Crippen molar-refractivity contribution in [1.82, 2.24) is 15.3 Å². The zero-order valence-corrected chi connectivity index (χ0v) is 12.7. The molecule has 0 atom stereocenters. The third kappa shape index (κ3) is 3.02. The summed E-state index contributed by atoms with van der Waals surface area (Å²) in [7, 11) is 1.88. The van der Waals surface area contributed by atoms with E-state index in [2.05, 4.69) is 15.3 Å². The Hall–Kier alpha value is -2.48. The molecule has 8 heteroatoms. The first-order valence-electron chi connectivity index (χ1n) is 7.26. The van der Waals surface area contributed by atoms with E-state index in [4.69, 9.17) is 11.5 Å². The van der Waals surface area contributed by atoms with Crippen molar-refractivity contribution in [2.24, 2.45) is 0 Å². The molecule has 23 heavy (non-hydrogen) atoms. The number of nitrogen functional groups attached to an aromatic ring is 2. The minimum absolute atomic E-state index is 0.0638. The lowest BCUT2D eigenvalue weighted by Crippen LogP contribution is -2.57. The normalized spacial score (nSPS) is 14.8. The van der Waals surface area contributed by atoms with Crippen molar-refractivity contribution in [1.29, 1.82) is 0 Å². The van der Waals surface area contributed by atoms with E-state index in [9.17, 15) is 8.78 Å². The second-order valence-corrected chi connectivity index (χ2v) is 5.57. The van der Waals surface area contributed by atoms with Crippen LogP contribution in [0.5, 0.6) is 0 Å². The SMILES string of the molecule is CNC1CN(c2nc(N)nc(N)c2Cc2cc(F)ccc2F)C1. The number of hydrogen-bond acceptors (Lipinski definition) is 6. The van der Waals surface area contributed by atoms with Gasteiger partial charge in [-0.1, -0.05) is 0 Å². The largest absolute Gasteiger partial charge is 0.383 e. The number of nitrogens with one attached hydrogen (secondary N) is 1. The molecule has 3 rings (SSSR count). The van der Waals surface area contributed by atoms with Gasteiger partial charge in [0.1, 0.15) is 23.3 Å². The number of hydrogen-bond donors (Lipinski definition) is 3. The molecule has 5 N–H and O–H groups in total. The average Bonchev–Trinajstić information content (AvgIpc) is 2.45. The van der Waals surface area contributed by atoms with Gasteiger partial charge in [0, 0.05) is 31.1 Å². The lowest BCUT2D eigenvalue weighted by Gasteiger charge is -2.41. The van der Waals surface area contributed by atoms with Crippen LogP contribution in [0.25, 0.3) is 0 Å². The van der Waals surface area contributed by atoms with Gasteiger partial charge in [-0.15, -0.1) is 0 Å². The van der Waals surface area contributed by atoms with Crippen molar-refractivity contribution in [3.63, 3.8) is 0 Å². The molecule has 6 nitrogen and oxygen atoms in total. The molecule has 1 saturated heterocycles. The van der Waals surface area contributed by atoms with Crippen LogP contribution >= 0.6 is 0 Å². The highest BCUT2D eigenvalue weighted by Crippen LogP contribution is 2.30. The average molecular weight is 320 g/mol. The quantitative estimate of drug-likeness (QED) is 0.776. The number of benzene rings is 1. The summed E-state index contributed by atoms with van der Waals surface area (Å²) in [6.45, 7) is 1.48. The fourth-order valence-corrected chi connectivity index (χ4v) is 2.64. The number of rotatable bonds is 4. The van der Waals surface area contributed by atoms with Crippen molar-refractivity contribution in [2.75, 3.05) is 36.5 Å². The van der Waals surface area contributed by atoms with Gasteiger partial charge >= 0.3 is 0 Å². The van der Waals surface area contributed by atoms with E-state index in [-0.39, 0.29) is 23.8 Å². The van der Waals surface area contributed by atoms with Gasteiger partial charge in [0.15, 0.2) is 0 Å². The molecule has 2 heterocycles. The maximum absolute atomic E-state index is 13.9. The van der Waals surface area contributed by atoms with Gasteiger partial charge < -0.3 is 21.7 Å². The Bertz CT molecular complexity index is 730. The van der Waals surface area contributed by atoms with Crippen LogP contribution in [0.1, 0.15) is 11.1 Å². The zero-order chi connectivity index (χ0) is 16.6. The summed E-state index contributed by atoms with van der Waals surface area (Å²) in [6, 6.07) is 3.68. The summed E-state index contributed by atoms with van der Waals surface area (Å²) >= 11 is 0. The van der Waals surface area contributed by atoms with Gasteiger partial charge in [0.05, 0.1) is 0 Å². The van der Waals surface area contributed by atoms with Gasteiger partial charge in [-0.3, -0.25) is 0 Å². The second-order valence-electron chi connectivity index (χ2n) is 5.57. The first kappa shape index (κ1) is 15.4. The van der Waals surface area contributed by atoms with Gasteiger partial charge in [-0.2, -0.15) is 9.97 Å². The van der Waals surface area contributed by atoms with Crippen LogP contribution in [0.3, 0.4) is 0 Å². The van der Waals surface area contributed by atoms with E-state index in [0.29, 0.717) is 17.4 Å². The summed E-state index contributed by atoms with van der Waals surface area (Å²) in [5.41, 5.74) is 12.4. The summed E-state index contributed by atoms with van der Waals surface area (Å²) in [5.74, 6) is -0.175. The van der Waals surface area contributed by atoms with Crippen LogP contribution in [0.2, 0.25) is 0 Å². The zero-order valence-electron chi connectivity index (χ0n) is 12.7. The molecule has 0 radical (unpaired) electrons. The van der Waals surface area contributed by atoms with E-state index in [1.807, 2.05) is 11.9 Å². The van der Waals surface area contributed by atoms with Gasteiger partial charge in [-0.05, 0) is 30.8 Å². The Morgan fingerprint density at radius 1 is 1.26 bits per heavy atom. The minimum Gasteiger partial charge on any atom is -0.383 e. The Kier molecular flexibility index (Phi) is 3.99. The number of likely N-dealkylation sites (N-methyl/N-ethyl adjacent to an activating group) is 1. The highest BCUT2D eigenvalue weighted by atomic mass is 19.1. The maximum atomic E-state index is 13.9. The monoisotopic (exact) mass is 320 g/mol. The van der Waals surface area contributed by atoms with Crippen LogP contribution in [-0.4, -0.2) is 36.1 Å². The Labute approximate surface area is 132 Å². The Morgan fingerprint density at radius 3 is 2.70 bits per heavy atom. The summed E-state index contributed by atoms with van der Waals surface area (Å²) < 4.78 is 27.3. The highest BCUT2D eigenvalue weighted by molar-refractivity contribution is 5.62. The molecule has 1 aromatic carbocycles.